The summed E-state index contributed by atoms with van der Waals surface area (Å²) in [6.45, 7) is 5.51. The van der Waals surface area contributed by atoms with E-state index in [1.807, 2.05) is 18.7 Å². The number of aromatic nitrogens is 2. The van der Waals surface area contributed by atoms with Crippen LogP contribution < -0.4 is 5.32 Å². The fourth-order valence-electron chi connectivity index (χ4n) is 4.01. The normalized spacial score (nSPS) is 29.7. The molecule has 0 bridgehead atoms. The van der Waals surface area contributed by atoms with Crippen molar-refractivity contribution in [3.8, 4) is 5.69 Å². The van der Waals surface area contributed by atoms with Crippen LogP contribution in [0.25, 0.3) is 5.69 Å². The molecule has 21 heavy (non-hydrogen) atoms. The second-order valence-electron chi connectivity index (χ2n) is 6.67. The van der Waals surface area contributed by atoms with Crippen LogP contribution in [0, 0.1) is 11.3 Å². The van der Waals surface area contributed by atoms with E-state index in [2.05, 4.69) is 53.0 Å². The molecular formula is C17H21N3O. The zero-order valence-corrected chi connectivity index (χ0v) is 12.5. The molecule has 4 nitrogen and oxygen atoms in total. The molecule has 0 radical (unpaired) electrons. The van der Waals surface area contributed by atoms with E-state index < -0.39 is 0 Å². The number of nitrogens with zero attached hydrogens (tertiary/aromatic N) is 2. The summed E-state index contributed by atoms with van der Waals surface area (Å²) in [5.74, 6) is 0.635. The number of anilines is 1. The average molecular weight is 283 g/mol. The third kappa shape index (κ3) is 1.89. The van der Waals surface area contributed by atoms with Crippen molar-refractivity contribution in [2.75, 3.05) is 11.9 Å². The first kappa shape index (κ1) is 12.9. The lowest BCUT2D eigenvalue weighted by Gasteiger charge is -2.55. The van der Waals surface area contributed by atoms with E-state index in [4.69, 9.17) is 4.74 Å². The van der Waals surface area contributed by atoms with Gasteiger partial charge in [0.15, 0.2) is 0 Å². The molecule has 110 valence electrons. The van der Waals surface area contributed by atoms with Crippen molar-refractivity contribution in [1.29, 1.82) is 0 Å². The van der Waals surface area contributed by atoms with Crippen LogP contribution in [0.3, 0.4) is 0 Å². The number of nitrogens with one attached hydrogen (secondary N) is 1. The number of benzene rings is 1. The minimum atomic E-state index is 0.184. The number of ether oxygens (including phenoxy) is 1. The average Bonchev–Trinajstić information content (AvgIpc) is 3.15. The van der Waals surface area contributed by atoms with Crippen LogP contribution in [-0.4, -0.2) is 28.3 Å². The molecule has 1 saturated carbocycles. The number of imidazole rings is 1. The Bertz CT molecular complexity index is 635. The van der Waals surface area contributed by atoms with Crippen LogP contribution >= 0.6 is 0 Å². The van der Waals surface area contributed by atoms with Crippen LogP contribution in [0.1, 0.15) is 20.3 Å². The number of fused-ring (bicyclic) bond motifs is 1. The van der Waals surface area contributed by atoms with E-state index >= 15 is 0 Å². The SMILES string of the molecule is CC1(C)C(Nc2ccccc2-n2ccnc2)C2CCOC21. The highest BCUT2D eigenvalue weighted by atomic mass is 16.5. The van der Waals surface area contributed by atoms with Gasteiger partial charge >= 0.3 is 0 Å². The zero-order valence-electron chi connectivity index (χ0n) is 12.5. The third-order valence-corrected chi connectivity index (χ3v) is 5.10. The second kappa shape index (κ2) is 4.60. The summed E-state index contributed by atoms with van der Waals surface area (Å²) in [6.07, 6.45) is 7.21. The van der Waals surface area contributed by atoms with Gasteiger partial charge in [-0.1, -0.05) is 26.0 Å². The third-order valence-electron chi connectivity index (χ3n) is 5.10. The van der Waals surface area contributed by atoms with Crippen LogP contribution in [0.4, 0.5) is 5.69 Å². The van der Waals surface area contributed by atoms with Crippen molar-refractivity contribution >= 4 is 5.69 Å². The van der Waals surface area contributed by atoms with E-state index in [0.29, 0.717) is 18.1 Å². The van der Waals surface area contributed by atoms with Gasteiger partial charge in [-0.25, -0.2) is 4.98 Å². The molecule has 1 N–H and O–H groups in total. The number of rotatable bonds is 3. The van der Waals surface area contributed by atoms with E-state index in [0.717, 1.165) is 12.3 Å². The largest absolute Gasteiger partial charge is 0.380 e. The predicted molar refractivity (Wildman–Crippen MR) is 82.6 cm³/mol. The Labute approximate surface area is 125 Å². The minimum absolute atomic E-state index is 0.184. The van der Waals surface area contributed by atoms with Gasteiger partial charge in [-0.05, 0) is 18.6 Å². The first-order chi connectivity index (χ1) is 10.2. The number of para-hydroxylation sites is 2. The van der Waals surface area contributed by atoms with Crippen LogP contribution in [0.5, 0.6) is 0 Å². The van der Waals surface area contributed by atoms with Gasteiger partial charge in [-0.3, -0.25) is 0 Å². The first-order valence-corrected chi connectivity index (χ1v) is 7.63. The molecule has 4 rings (SSSR count). The Morgan fingerprint density at radius 1 is 1.33 bits per heavy atom. The molecule has 3 atom stereocenters. The van der Waals surface area contributed by atoms with Gasteiger partial charge in [0.25, 0.3) is 0 Å². The minimum Gasteiger partial charge on any atom is -0.380 e. The molecule has 0 spiro atoms. The monoisotopic (exact) mass is 283 g/mol. The molecule has 1 aliphatic heterocycles. The van der Waals surface area contributed by atoms with Gasteiger partial charge in [-0.15, -0.1) is 0 Å². The lowest BCUT2D eigenvalue weighted by Crippen LogP contribution is -2.63. The van der Waals surface area contributed by atoms with E-state index in [1.54, 1.807) is 0 Å². The number of hydrogen-bond acceptors (Lipinski definition) is 3. The standard InChI is InChI=1S/C17H21N3O/c1-17(2)15(12-7-10-21-16(12)17)19-13-5-3-4-6-14(13)20-9-8-18-11-20/h3-6,8-9,11-12,15-16,19H,7,10H2,1-2H3. The molecule has 0 amide bonds. The summed E-state index contributed by atoms with van der Waals surface area (Å²) < 4.78 is 7.93. The Morgan fingerprint density at radius 3 is 3.00 bits per heavy atom. The van der Waals surface area contributed by atoms with Gasteiger partial charge in [0.05, 0.1) is 23.8 Å². The summed E-state index contributed by atoms with van der Waals surface area (Å²) in [6, 6.07) is 8.88. The highest BCUT2D eigenvalue weighted by Crippen LogP contribution is 2.53. The highest BCUT2D eigenvalue weighted by Gasteiger charge is 2.59. The maximum Gasteiger partial charge on any atom is 0.0992 e. The van der Waals surface area contributed by atoms with Crippen molar-refractivity contribution < 1.29 is 4.74 Å². The van der Waals surface area contributed by atoms with Gasteiger partial charge in [0.1, 0.15) is 0 Å². The highest BCUT2D eigenvalue weighted by molar-refractivity contribution is 5.62. The van der Waals surface area contributed by atoms with Gasteiger partial charge in [-0.2, -0.15) is 0 Å². The van der Waals surface area contributed by atoms with Crippen LogP contribution in [0.2, 0.25) is 0 Å². The molecule has 2 aromatic rings. The summed E-state index contributed by atoms with van der Waals surface area (Å²) >= 11 is 0. The molecule has 1 saturated heterocycles. The Balaban J connectivity index is 1.64. The molecule has 2 heterocycles. The van der Waals surface area contributed by atoms with Gasteiger partial charge in [0.2, 0.25) is 0 Å². The second-order valence-corrected chi connectivity index (χ2v) is 6.67. The summed E-state index contributed by atoms with van der Waals surface area (Å²) in [5, 5.41) is 3.77. The lowest BCUT2D eigenvalue weighted by molar-refractivity contribution is -0.0923. The molecule has 2 aliphatic rings. The van der Waals surface area contributed by atoms with Gasteiger partial charge in [0, 0.05) is 36.4 Å². The summed E-state index contributed by atoms with van der Waals surface area (Å²) in [7, 11) is 0. The van der Waals surface area contributed by atoms with E-state index in [9.17, 15) is 0 Å². The first-order valence-electron chi connectivity index (χ1n) is 7.63. The van der Waals surface area contributed by atoms with Crippen LogP contribution in [0.15, 0.2) is 43.0 Å². The summed E-state index contributed by atoms with van der Waals surface area (Å²) in [4.78, 5) is 4.15. The van der Waals surface area contributed by atoms with Gasteiger partial charge < -0.3 is 14.6 Å². The molecular weight excluding hydrogens is 262 g/mol. The molecule has 3 unspecified atom stereocenters. The quantitative estimate of drug-likeness (QED) is 0.941. The zero-order chi connectivity index (χ0) is 14.4. The van der Waals surface area contributed by atoms with Crippen molar-refractivity contribution in [3.63, 3.8) is 0 Å². The van der Waals surface area contributed by atoms with Crippen molar-refractivity contribution in [2.24, 2.45) is 11.3 Å². The van der Waals surface area contributed by atoms with Crippen molar-refractivity contribution in [2.45, 2.75) is 32.4 Å². The molecule has 1 aromatic heterocycles. The Hall–Kier alpha value is -1.81. The molecule has 4 heteroatoms. The van der Waals surface area contributed by atoms with E-state index in [1.165, 1.54) is 12.1 Å². The fraction of sp³-hybridized carbons (Fsp3) is 0.471. The smallest absolute Gasteiger partial charge is 0.0992 e. The summed E-state index contributed by atoms with van der Waals surface area (Å²) in [5.41, 5.74) is 2.50. The maximum absolute atomic E-state index is 5.88. The van der Waals surface area contributed by atoms with Crippen molar-refractivity contribution in [3.05, 3.63) is 43.0 Å². The molecule has 2 fully saturated rings. The van der Waals surface area contributed by atoms with Crippen molar-refractivity contribution in [1.82, 2.24) is 9.55 Å². The predicted octanol–water partition coefficient (Wildman–Crippen LogP) is 3.10. The Morgan fingerprint density at radius 2 is 2.19 bits per heavy atom. The fourth-order valence-corrected chi connectivity index (χ4v) is 4.01. The van der Waals surface area contributed by atoms with Crippen LogP contribution in [-0.2, 0) is 4.74 Å². The maximum atomic E-state index is 5.88. The lowest BCUT2D eigenvalue weighted by atomic mass is 9.57. The number of hydrogen-bond donors (Lipinski definition) is 1. The van der Waals surface area contributed by atoms with E-state index in [-0.39, 0.29) is 5.41 Å². The molecule has 1 aliphatic carbocycles. The Kier molecular flexibility index (Phi) is 2.82. The molecule has 1 aromatic carbocycles. The topological polar surface area (TPSA) is 39.1 Å².